The highest BCUT2D eigenvalue weighted by atomic mass is 19.1. The van der Waals surface area contributed by atoms with Crippen LogP contribution in [0, 0.1) is 11.6 Å². The van der Waals surface area contributed by atoms with Crippen LogP contribution in [-0.4, -0.2) is 21.5 Å². The van der Waals surface area contributed by atoms with Gasteiger partial charge in [-0.05, 0) is 29.3 Å². The van der Waals surface area contributed by atoms with Crippen molar-refractivity contribution in [2.45, 2.75) is 19.0 Å². The molecule has 0 aliphatic heterocycles. The Bertz CT molecular complexity index is 1430. The van der Waals surface area contributed by atoms with Gasteiger partial charge in [0.25, 0.3) is 5.56 Å². The third kappa shape index (κ3) is 4.51. The van der Waals surface area contributed by atoms with Crippen LogP contribution < -0.4 is 21.7 Å². The molecular formula is C25H22F2N4O3. The molecule has 0 saturated heterocycles. The highest BCUT2D eigenvalue weighted by Gasteiger charge is 2.21. The molecule has 1 unspecified atom stereocenters. The van der Waals surface area contributed by atoms with E-state index in [1.165, 1.54) is 43.5 Å². The summed E-state index contributed by atoms with van der Waals surface area (Å²) in [6, 6.07) is 18.4. The Morgan fingerprint density at radius 3 is 2.38 bits per heavy atom. The predicted octanol–water partition coefficient (Wildman–Crippen LogP) is 2.97. The average molecular weight is 464 g/mol. The van der Waals surface area contributed by atoms with Gasteiger partial charge < -0.3 is 10.5 Å². The van der Waals surface area contributed by atoms with E-state index >= 15 is 4.39 Å². The molecule has 34 heavy (non-hydrogen) atoms. The zero-order valence-electron chi connectivity index (χ0n) is 18.3. The molecule has 0 bridgehead atoms. The first kappa shape index (κ1) is 23.1. The van der Waals surface area contributed by atoms with Gasteiger partial charge in [-0.2, -0.15) is 9.78 Å². The second-order valence-electron chi connectivity index (χ2n) is 7.64. The Kier molecular flexibility index (Phi) is 6.65. The quantitative estimate of drug-likeness (QED) is 0.454. The van der Waals surface area contributed by atoms with Crippen molar-refractivity contribution in [1.29, 1.82) is 0 Å². The van der Waals surface area contributed by atoms with Crippen LogP contribution in [-0.2, 0) is 13.0 Å². The summed E-state index contributed by atoms with van der Waals surface area (Å²) < 4.78 is 36.0. The van der Waals surface area contributed by atoms with E-state index in [9.17, 15) is 14.0 Å². The highest BCUT2D eigenvalue weighted by Crippen LogP contribution is 2.22. The topological polar surface area (TPSA) is 92.1 Å². The Labute approximate surface area is 193 Å². The van der Waals surface area contributed by atoms with Crippen LogP contribution in [0.1, 0.15) is 22.9 Å². The number of hydrogen-bond acceptors (Lipinski definition) is 5. The minimum Gasteiger partial charge on any atom is -0.494 e. The monoisotopic (exact) mass is 464 g/mol. The fourth-order valence-electron chi connectivity index (χ4n) is 3.64. The molecule has 0 aliphatic carbocycles. The number of aromatic nitrogens is 3. The van der Waals surface area contributed by atoms with Crippen molar-refractivity contribution in [1.82, 2.24) is 14.3 Å². The zero-order chi connectivity index (χ0) is 24.2. The molecule has 0 radical (unpaired) electrons. The summed E-state index contributed by atoms with van der Waals surface area (Å²) in [6.07, 6.45) is -0.196. The molecule has 3 aromatic carbocycles. The maximum atomic E-state index is 15.0. The van der Waals surface area contributed by atoms with Crippen LogP contribution in [0.2, 0.25) is 0 Å². The molecule has 2 N–H and O–H groups in total. The molecule has 1 heterocycles. The van der Waals surface area contributed by atoms with Crippen LogP contribution in [0.25, 0.3) is 5.69 Å². The largest absolute Gasteiger partial charge is 0.494 e. The number of benzene rings is 3. The van der Waals surface area contributed by atoms with Crippen LogP contribution in [0.5, 0.6) is 5.75 Å². The molecule has 4 rings (SSSR count). The second-order valence-corrected chi connectivity index (χ2v) is 7.64. The van der Waals surface area contributed by atoms with Crippen molar-refractivity contribution in [2.24, 2.45) is 5.73 Å². The standard InChI is InChI=1S/C25H22F2N4O3/c1-34-22-13-7-12-21(23(22)27)31-25(33)30(15-19(28)16-8-3-2-4-9-16)24(32)20(29-31)14-17-10-5-6-11-18(17)26/h2-13,19H,14-15,28H2,1H3. The number of nitrogens with two attached hydrogens (primary N) is 1. The smallest absolute Gasteiger partial charge is 0.352 e. The SMILES string of the molecule is COc1cccc(-n2nc(Cc3ccccc3F)c(=O)n(CC(N)c3ccccc3)c2=O)c1F. The van der Waals surface area contributed by atoms with E-state index in [1.54, 1.807) is 30.3 Å². The fourth-order valence-corrected chi connectivity index (χ4v) is 3.64. The molecule has 174 valence electrons. The zero-order valence-corrected chi connectivity index (χ0v) is 18.3. The Morgan fingerprint density at radius 1 is 0.971 bits per heavy atom. The highest BCUT2D eigenvalue weighted by molar-refractivity contribution is 5.40. The van der Waals surface area contributed by atoms with Crippen LogP contribution >= 0.6 is 0 Å². The minimum absolute atomic E-state index is 0.0967. The van der Waals surface area contributed by atoms with Gasteiger partial charge in [0.05, 0.1) is 13.7 Å². The van der Waals surface area contributed by atoms with Crippen LogP contribution in [0.4, 0.5) is 8.78 Å². The van der Waals surface area contributed by atoms with Crippen molar-refractivity contribution < 1.29 is 13.5 Å². The Hall–Kier alpha value is -4.11. The molecule has 0 amide bonds. The second kappa shape index (κ2) is 9.80. The lowest BCUT2D eigenvalue weighted by atomic mass is 10.1. The summed E-state index contributed by atoms with van der Waals surface area (Å²) >= 11 is 0. The summed E-state index contributed by atoms with van der Waals surface area (Å²) in [6.45, 7) is -0.180. The maximum Gasteiger partial charge on any atom is 0.352 e. The molecule has 0 spiro atoms. The summed E-state index contributed by atoms with van der Waals surface area (Å²) in [7, 11) is 1.29. The molecule has 0 saturated carbocycles. The van der Waals surface area contributed by atoms with Gasteiger partial charge in [0, 0.05) is 12.5 Å². The van der Waals surface area contributed by atoms with Crippen molar-refractivity contribution in [3.63, 3.8) is 0 Å². The number of methoxy groups -OCH3 is 1. The first-order valence-corrected chi connectivity index (χ1v) is 10.5. The summed E-state index contributed by atoms with van der Waals surface area (Å²) in [5, 5.41) is 4.12. The molecule has 4 aromatic rings. The Morgan fingerprint density at radius 2 is 1.68 bits per heavy atom. The lowest BCUT2D eigenvalue weighted by Gasteiger charge is -2.17. The lowest BCUT2D eigenvalue weighted by molar-refractivity contribution is 0.384. The number of ether oxygens (including phenoxy) is 1. The van der Waals surface area contributed by atoms with Gasteiger partial charge in [0.2, 0.25) is 0 Å². The summed E-state index contributed by atoms with van der Waals surface area (Å²) in [5.41, 5.74) is 5.26. The van der Waals surface area contributed by atoms with Crippen molar-refractivity contribution in [3.8, 4) is 11.4 Å². The molecule has 1 atom stereocenters. The van der Waals surface area contributed by atoms with Gasteiger partial charge in [-0.1, -0.05) is 54.6 Å². The maximum absolute atomic E-state index is 15.0. The van der Waals surface area contributed by atoms with Crippen molar-refractivity contribution >= 4 is 0 Å². The van der Waals surface area contributed by atoms with E-state index in [1.807, 2.05) is 6.07 Å². The molecule has 1 aromatic heterocycles. The number of hydrogen-bond donors (Lipinski definition) is 1. The van der Waals surface area contributed by atoms with E-state index in [2.05, 4.69) is 5.10 Å². The number of rotatable bonds is 7. The van der Waals surface area contributed by atoms with Crippen molar-refractivity contribution in [3.05, 3.63) is 122 Å². The summed E-state index contributed by atoms with van der Waals surface area (Å²) in [5.74, 6) is -1.45. The lowest BCUT2D eigenvalue weighted by Crippen LogP contribution is -2.45. The van der Waals surface area contributed by atoms with Gasteiger partial charge >= 0.3 is 5.69 Å². The fraction of sp³-hybridized carbons (Fsp3) is 0.160. The van der Waals surface area contributed by atoms with E-state index in [0.29, 0.717) is 5.56 Å². The first-order valence-electron chi connectivity index (χ1n) is 10.5. The van der Waals surface area contributed by atoms with Crippen molar-refractivity contribution in [2.75, 3.05) is 7.11 Å². The third-order valence-corrected chi connectivity index (χ3v) is 5.44. The average Bonchev–Trinajstić information content (AvgIpc) is 2.85. The van der Waals surface area contributed by atoms with Gasteiger partial charge in [-0.3, -0.25) is 9.36 Å². The van der Waals surface area contributed by atoms with E-state index < -0.39 is 28.9 Å². The third-order valence-electron chi connectivity index (χ3n) is 5.44. The molecule has 0 aliphatic rings. The Balaban J connectivity index is 1.89. The van der Waals surface area contributed by atoms with Gasteiger partial charge in [0.15, 0.2) is 11.6 Å². The minimum atomic E-state index is -0.874. The molecular weight excluding hydrogens is 442 g/mol. The first-order chi connectivity index (χ1) is 16.4. The predicted molar refractivity (Wildman–Crippen MR) is 123 cm³/mol. The van der Waals surface area contributed by atoms with E-state index in [-0.39, 0.29) is 35.7 Å². The van der Waals surface area contributed by atoms with Crippen LogP contribution in [0.15, 0.2) is 82.4 Å². The van der Waals surface area contributed by atoms with Gasteiger partial charge in [-0.25, -0.2) is 13.6 Å². The molecule has 9 heteroatoms. The number of nitrogens with zero attached hydrogens (tertiary/aromatic N) is 3. The molecule has 0 fully saturated rings. The van der Waals surface area contributed by atoms with E-state index in [4.69, 9.17) is 10.5 Å². The van der Waals surface area contributed by atoms with E-state index in [0.717, 1.165) is 9.25 Å². The molecule has 7 nitrogen and oxygen atoms in total. The van der Waals surface area contributed by atoms with Gasteiger partial charge in [0.1, 0.15) is 17.2 Å². The summed E-state index contributed by atoms with van der Waals surface area (Å²) in [4.78, 5) is 26.6. The van der Waals surface area contributed by atoms with Gasteiger partial charge in [-0.15, -0.1) is 0 Å². The van der Waals surface area contributed by atoms with Crippen LogP contribution in [0.3, 0.4) is 0 Å². The number of halogens is 2. The normalized spacial score (nSPS) is 11.9.